The largest absolute Gasteiger partial charge is 0.465 e. The summed E-state index contributed by atoms with van der Waals surface area (Å²) in [6.07, 6.45) is 15.5. The van der Waals surface area contributed by atoms with E-state index >= 15 is 0 Å². The number of carbonyl (C=O) groups excluding carboxylic acids is 2. The summed E-state index contributed by atoms with van der Waals surface area (Å²) in [5.41, 5.74) is 4.24. The van der Waals surface area contributed by atoms with Crippen LogP contribution in [0.25, 0.3) is 0 Å². The highest BCUT2D eigenvalue weighted by molar-refractivity contribution is 6.13. The van der Waals surface area contributed by atoms with Crippen molar-refractivity contribution in [2.24, 2.45) is 16.6 Å². The molecule has 0 aromatic heterocycles. The molecule has 0 aromatic rings. The number of halogens is 1. The van der Waals surface area contributed by atoms with Gasteiger partial charge in [-0.3, -0.25) is 9.59 Å². The van der Waals surface area contributed by atoms with Gasteiger partial charge in [0, 0.05) is 38.5 Å². The number of hydrogen-bond acceptors (Lipinski definition) is 11. The van der Waals surface area contributed by atoms with Crippen LogP contribution in [-0.2, 0) is 23.8 Å². The lowest BCUT2D eigenvalue weighted by atomic mass is 9.80. The summed E-state index contributed by atoms with van der Waals surface area (Å²) in [5.74, 6) is 0.0894. The van der Waals surface area contributed by atoms with Crippen LogP contribution in [0.15, 0.2) is 17.1 Å². The van der Waals surface area contributed by atoms with Crippen molar-refractivity contribution in [2.45, 2.75) is 152 Å². The Labute approximate surface area is 291 Å². The van der Waals surface area contributed by atoms with Gasteiger partial charge in [-0.05, 0) is 109 Å². The SMILES string of the molecule is CC[C@H]1C=CCC[C@@]2(C[C@@H]3CC[C@@H]4[C@H](C(=O)OCCCCCC(=O)N(CCCN)C[C@@H](O)CCNCl)[C@]5(CCC[C@@H](C)O5)N=C(N2)N34)O1. The summed E-state index contributed by atoms with van der Waals surface area (Å²) in [6.45, 7) is 6.26. The number of nitrogens with two attached hydrogens (primary N) is 1. The van der Waals surface area contributed by atoms with Crippen LogP contribution < -0.4 is 15.9 Å². The number of rotatable bonds is 16. The van der Waals surface area contributed by atoms with E-state index in [1.54, 1.807) is 4.90 Å². The van der Waals surface area contributed by atoms with Gasteiger partial charge in [-0.1, -0.05) is 19.1 Å². The molecule has 5 heterocycles. The topological polar surface area (TPSA) is 151 Å². The maximum Gasteiger partial charge on any atom is 0.316 e. The van der Waals surface area contributed by atoms with E-state index in [0.717, 1.165) is 63.7 Å². The molecule has 0 aliphatic carbocycles. The number of allylic oxidation sites excluding steroid dienone is 1. The first-order valence-corrected chi connectivity index (χ1v) is 19.0. The number of ether oxygens (including phenoxy) is 3. The Balaban J connectivity index is 1.18. The number of aliphatic imine (C=N–C) groups is 1. The normalized spacial score (nSPS) is 33.1. The fourth-order valence-electron chi connectivity index (χ4n) is 8.42. The average molecular weight is 695 g/mol. The molecule has 3 fully saturated rings. The zero-order chi connectivity index (χ0) is 34.1. The summed E-state index contributed by atoms with van der Waals surface area (Å²) < 4.78 is 19.4. The van der Waals surface area contributed by atoms with Gasteiger partial charge in [0.25, 0.3) is 0 Å². The van der Waals surface area contributed by atoms with Gasteiger partial charge in [0.05, 0.1) is 31.0 Å². The minimum absolute atomic E-state index is 0.00238. The second kappa shape index (κ2) is 17.3. The van der Waals surface area contributed by atoms with Crippen LogP contribution in [0.1, 0.15) is 110 Å². The van der Waals surface area contributed by atoms with Crippen LogP contribution in [0.3, 0.4) is 0 Å². The smallest absolute Gasteiger partial charge is 0.316 e. The van der Waals surface area contributed by atoms with E-state index in [9.17, 15) is 14.7 Å². The quantitative estimate of drug-likeness (QED) is 0.0815. The molecule has 12 nitrogen and oxygen atoms in total. The minimum atomic E-state index is -0.956. The van der Waals surface area contributed by atoms with Crippen molar-refractivity contribution in [1.82, 2.24) is 20.0 Å². The molecule has 5 N–H and O–H groups in total. The number of guanidine groups is 1. The number of hydrogen-bond donors (Lipinski definition) is 4. The van der Waals surface area contributed by atoms with Crippen molar-refractivity contribution in [3.8, 4) is 0 Å². The first kappa shape index (κ1) is 37.3. The van der Waals surface area contributed by atoms with Gasteiger partial charge < -0.3 is 40.2 Å². The molecule has 13 heteroatoms. The molecule has 0 bridgehead atoms. The Kier molecular flexibility index (Phi) is 13.5. The van der Waals surface area contributed by atoms with Crippen LogP contribution in [0.4, 0.5) is 0 Å². The van der Waals surface area contributed by atoms with Gasteiger partial charge in [-0.2, -0.15) is 0 Å². The molecule has 0 aromatic carbocycles. The number of nitrogens with one attached hydrogen (secondary N) is 2. The number of unbranched alkanes of at least 4 members (excludes halogenated alkanes) is 2. The Morgan fingerprint density at radius 3 is 2.88 bits per heavy atom. The molecule has 5 aliphatic rings. The molecule has 48 heavy (non-hydrogen) atoms. The van der Waals surface area contributed by atoms with Crippen LogP contribution in [0, 0.1) is 5.92 Å². The first-order chi connectivity index (χ1) is 23.2. The standard InChI is InChI=1S/C35H59ClN6O6/c1-3-28-12-6-7-17-34(48-28)23-26-14-15-29-31(35(18-9-11-25(2)47-35)40-33(39-34)42(26)29)32(45)46-22-8-4-5-13-30(44)41(21-10-19-37)24-27(43)16-20-38-36/h6,12,25-29,31,38,43H,3-5,7-11,13-24,37H2,1-2H3,(H,39,40)/t25-,26+,27+,28+,29-,31-,34+,35-/m1/s1. The van der Waals surface area contributed by atoms with Gasteiger partial charge in [-0.25, -0.2) is 9.83 Å². The third kappa shape index (κ3) is 8.84. The van der Waals surface area contributed by atoms with Gasteiger partial charge in [0.1, 0.15) is 11.6 Å². The Bertz CT molecular complexity index is 1140. The number of carbonyl (C=O) groups is 2. The predicted molar refractivity (Wildman–Crippen MR) is 185 cm³/mol. The van der Waals surface area contributed by atoms with Crippen molar-refractivity contribution < 1.29 is 28.9 Å². The van der Waals surface area contributed by atoms with Gasteiger partial charge in [0.15, 0.2) is 11.7 Å². The lowest BCUT2D eigenvalue weighted by Gasteiger charge is -2.55. The van der Waals surface area contributed by atoms with E-state index in [-0.39, 0.29) is 42.7 Å². The zero-order valence-electron chi connectivity index (χ0n) is 29.0. The highest BCUT2D eigenvalue weighted by Crippen LogP contribution is 2.50. The van der Waals surface area contributed by atoms with Crippen molar-refractivity contribution in [2.75, 3.05) is 32.8 Å². The van der Waals surface area contributed by atoms with Crippen LogP contribution >= 0.6 is 11.8 Å². The molecule has 5 rings (SSSR count). The predicted octanol–water partition coefficient (Wildman–Crippen LogP) is 3.70. The third-order valence-corrected chi connectivity index (χ3v) is 11.0. The highest BCUT2D eigenvalue weighted by Gasteiger charge is 2.62. The zero-order valence-corrected chi connectivity index (χ0v) is 29.8. The molecular formula is C35H59ClN6O6. The lowest BCUT2D eigenvalue weighted by molar-refractivity contribution is -0.194. The summed E-state index contributed by atoms with van der Waals surface area (Å²) >= 11 is 5.52. The molecule has 0 radical (unpaired) electrons. The molecular weight excluding hydrogens is 636 g/mol. The molecule has 272 valence electrons. The molecule has 5 aliphatic heterocycles. The van der Waals surface area contributed by atoms with Crippen LogP contribution in [0.5, 0.6) is 0 Å². The highest BCUT2D eigenvalue weighted by atomic mass is 35.5. The fraction of sp³-hybridized carbons (Fsp3) is 0.857. The number of aliphatic hydroxyl groups excluding tert-OH is 1. The minimum Gasteiger partial charge on any atom is -0.465 e. The van der Waals surface area contributed by atoms with E-state index < -0.39 is 23.5 Å². The lowest BCUT2D eigenvalue weighted by Crippen LogP contribution is -2.71. The van der Waals surface area contributed by atoms with E-state index in [1.807, 2.05) is 0 Å². The van der Waals surface area contributed by atoms with Crippen molar-refractivity contribution >= 4 is 29.6 Å². The van der Waals surface area contributed by atoms with Crippen molar-refractivity contribution in [3.05, 3.63) is 12.2 Å². The number of esters is 1. The average Bonchev–Trinajstić information content (AvgIpc) is 3.37. The van der Waals surface area contributed by atoms with Crippen LogP contribution in [-0.4, -0.2) is 107 Å². The molecule has 8 atom stereocenters. The van der Waals surface area contributed by atoms with Crippen molar-refractivity contribution in [1.29, 1.82) is 0 Å². The maximum absolute atomic E-state index is 14.0. The number of nitrogens with zero attached hydrogens (tertiary/aromatic N) is 3. The monoisotopic (exact) mass is 694 g/mol. The van der Waals surface area contributed by atoms with E-state index in [4.69, 9.17) is 36.7 Å². The van der Waals surface area contributed by atoms with Crippen LogP contribution in [0.2, 0.25) is 0 Å². The second-order valence-electron chi connectivity index (χ2n) is 14.4. The molecule has 3 saturated heterocycles. The maximum atomic E-state index is 14.0. The van der Waals surface area contributed by atoms with Gasteiger partial charge in [-0.15, -0.1) is 0 Å². The number of aliphatic hydroxyl groups is 1. The Hall–Kier alpha value is -1.96. The van der Waals surface area contributed by atoms with Crippen molar-refractivity contribution in [3.63, 3.8) is 0 Å². The summed E-state index contributed by atoms with van der Waals surface area (Å²) in [7, 11) is 0. The molecule has 0 unspecified atom stereocenters. The van der Waals surface area contributed by atoms with E-state index in [1.165, 1.54) is 0 Å². The molecule has 2 spiro atoms. The van der Waals surface area contributed by atoms with E-state index in [2.05, 4.69) is 41.1 Å². The van der Waals surface area contributed by atoms with Gasteiger partial charge >= 0.3 is 5.97 Å². The van der Waals surface area contributed by atoms with E-state index in [0.29, 0.717) is 64.8 Å². The molecule has 0 saturated carbocycles. The third-order valence-electron chi connectivity index (χ3n) is 10.8. The molecule has 1 amide bonds. The number of amides is 1. The van der Waals surface area contributed by atoms with Gasteiger partial charge in [0.2, 0.25) is 5.91 Å². The Morgan fingerprint density at radius 1 is 1.25 bits per heavy atom. The first-order valence-electron chi connectivity index (χ1n) is 18.6. The summed E-state index contributed by atoms with van der Waals surface area (Å²) in [5, 5.41) is 14.1. The fourth-order valence-corrected chi connectivity index (χ4v) is 8.53. The Morgan fingerprint density at radius 2 is 2.10 bits per heavy atom. The summed E-state index contributed by atoms with van der Waals surface area (Å²) in [6, 6.07) is 0.211. The second-order valence-corrected chi connectivity index (χ2v) is 14.7. The summed E-state index contributed by atoms with van der Waals surface area (Å²) in [4.78, 5) is 38.8.